The molecule has 1 N–H and O–H groups in total. The van der Waals surface area contributed by atoms with Gasteiger partial charge in [0.2, 0.25) is 0 Å². The molecule has 0 aliphatic heterocycles. The van der Waals surface area contributed by atoms with E-state index in [1.165, 1.54) is 0 Å². The molecule has 0 radical (unpaired) electrons. The van der Waals surface area contributed by atoms with Crippen LogP contribution in [0.2, 0.25) is 0 Å². The molecule has 0 fully saturated rings. The zero-order valence-electron chi connectivity index (χ0n) is 10.6. The maximum atomic E-state index is 5.69. The fourth-order valence-electron chi connectivity index (χ4n) is 1.86. The van der Waals surface area contributed by atoms with Crippen LogP contribution in [0.1, 0.15) is 12.2 Å². The fourth-order valence-corrected chi connectivity index (χ4v) is 1.86. The lowest BCUT2D eigenvalue weighted by molar-refractivity contribution is 0.284. The predicted octanol–water partition coefficient (Wildman–Crippen LogP) is 2.88. The second-order valence-corrected chi connectivity index (χ2v) is 4.22. The maximum absolute atomic E-state index is 5.69. The van der Waals surface area contributed by atoms with Crippen molar-refractivity contribution in [3.8, 4) is 5.75 Å². The Bertz CT molecular complexity index is 425. The highest BCUT2D eigenvalue weighted by molar-refractivity contribution is 5.20. The van der Waals surface area contributed by atoms with Crippen molar-refractivity contribution in [2.24, 2.45) is 0 Å². The van der Waals surface area contributed by atoms with Gasteiger partial charge in [-0.2, -0.15) is 0 Å². The number of furan rings is 1. The van der Waals surface area contributed by atoms with E-state index >= 15 is 0 Å². The van der Waals surface area contributed by atoms with Crippen LogP contribution in [0.15, 0.2) is 53.1 Å². The SMILES string of the molecule is CNC(CCOc1ccccc1)Cc1ccco1. The van der Waals surface area contributed by atoms with E-state index in [1.807, 2.05) is 49.5 Å². The lowest BCUT2D eigenvalue weighted by Gasteiger charge is -2.15. The molecule has 0 spiro atoms. The number of benzene rings is 1. The topological polar surface area (TPSA) is 34.4 Å². The summed E-state index contributed by atoms with van der Waals surface area (Å²) in [5.41, 5.74) is 0. The number of hydrogen-bond acceptors (Lipinski definition) is 3. The summed E-state index contributed by atoms with van der Waals surface area (Å²) in [7, 11) is 1.97. The Morgan fingerprint density at radius 1 is 1.17 bits per heavy atom. The minimum absolute atomic E-state index is 0.375. The van der Waals surface area contributed by atoms with Gasteiger partial charge in [-0.3, -0.25) is 0 Å². The van der Waals surface area contributed by atoms with E-state index in [-0.39, 0.29) is 0 Å². The number of hydrogen-bond donors (Lipinski definition) is 1. The third-order valence-corrected chi connectivity index (χ3v) is 2.91. The third-order valence-electron chi connectivity index (χ3n) is 2.91. The van der Waals surface area contributed by atoms with Crippen molar-refractivity contribution in [1.82, 2.24) is 5.32 Å². The molecule has 2 rings (SSSR count). The van der Waals surface area contributed by atoms with E-state index in [1.54, 1.807) is 6.26 Å². The van der Waals surface area contributed by atoms with Crippen molar-refractivity contribution in [2.45, 2.75) is 18.9 Å². The van der Waals surface area contributed by atoms with Crippen molar-refractivity contribution < 1.29 is 9.15 Å². The van der Waals surface area contributed by atoms with Crippen LogP contribution in [-0.4, -0.2) is 19.7 Å². The third kappa shape index (κ3) is 3.93. The lowest BCUT2D eigenvalue weighted by Crippen LogP contribution is -2.29. The standard InChI is InChI=1S/C15H19NO2/c1-16-13(12-15-8-5-10-17-15)9-11-18-14-6-3-2-4-7-14/h2-8,10,13,16H,9,11-12H2,1H3. The van der Waals surface area contributed by atoms with Crippen LogP contribution < -0.4 is 10.1 Å². The highest BCUT2D eigenvalue weighted by Crippen LogP contribution is 2.10. The van der Waals surface area contributed by atoms with E-state index in [9.17, 15) is 0 Å². The summed E-state index contributed by atoms with van der Waals surface area (Å²) in [6.07, 6.45) is 3.55. The van der Waals surface area contributed by atoms with Crippen molar-refractivity contribution in [1.29, 1.82) is 0 Å². The Kier molecular flexibility index (Phi) is 4.85. The Balaban J connectivity index is 1.74. The molecule has 96 valence electrons. The van der Waals surface area contributed by atoms with Gasteiger partial charge in [0.15, 0.2) is 0 Å². The first-order valence-corrected chi connectivity index (χ1v) is 6.26. The zero-order chi connectivity index (χ0) is 12.6. The van der Waals surface area contributed by atoms with Gasteiger partial charge >= 0.3 is 0 Å². The van der Waals surface area contributed by atoms with Crippen LogP contribution in [0.4, 0.5) is 0 Å². The molecule has 2 aromatic rings. The largest absolute Gasteiger partial charge is 0.494 e. The van der Waals surface area contributed by atoms with Crippen LogP contribution in [-0.2, 0) is 6.42 Å². The van der Waals surface area contributed by atoms with E-state index < -0.39 is 0 Å². The number of likely N-dealkylation sites (N-methyl/N-ethyl adjacent to an activating group) is 1. The molecule has 0 aliphatic carbocycles. The summed E-state index contributed by atoms with van der Waals surface area (Å²) in [5.74, 6) is 1.93. The van der Waals surface area contributed by atoms with Crippen LogP contribution in [0, 0.1) is 0 Å². The molecule has 3 heteroatoms. The van der Waals surface area contributed by atoms with Gasteiger partial charge in [0.05, 0.1) is 12.9 Å². The first-order valence-electron chi connectivity index (χ1n) is 6.26. The van der Waals surface area contributed by atoms with Gasteiger partial charge in [-0.15, -0.1) is 0 Å². The highest BCUT2D eigenvalue weighted by atomic mass is 16.5. The zero-order valence-corrected chi connectivity index (χ0v) is 10.6. The van der Waals surface area contributed by atoms with E-state index in [4.69, 9.17) is 9.15 Å². The Morgan fingerprint density at radius 3 is 2.67 bits per heavy atom. The summed E-state index contributed by atoms with van der Waals surface area (Å²) >= 11 is 0. The second-order valence-electron chi connectivity index (χ2n) is 4.22. The minimum atomic E-state index is 0.375. The molecule has 1 atom stereocenters. The first-order chi connectivity index (χ1) is 8.88. The van der Waals surface area contributed by atoms with Crippen molar-refractivity contribution in [3.63, 3.8) is 0 Å². The average Bonchev–Trinajstić information content (AvgIpc) is 2.92. The van der Waals surface area contributed by atoms with E-state index in [2.05, 4.69) is 5.32 Å². The summed E-state index contributed by atoms with van der Waals surface area (Å²) in [5, 5.41) is 3.29. The van der Waals surface area contributed by atoms with Gasteiger partial charge < -0.3 is 14.5 Å². The summed E-state index contributed by atoms with van der Waals surface area (Å²) in [6.45, 7) is 0.705. The van der Waals surface area contributed by atoms with E-state index in [0.29, 0.717) is 12.6 Å². The Labute approximate surface area is 108 Å². The lowest BCUT2D eigenvalue weighted by atomic mass is 10.1. The molecule has 0 bridgehead atoms. The van der Waals surface area contributed by atoms with Crippen molar-refractivity contribution in [3.05, 3.63) is 54.5 Å². The van der Waals surface area contributed by atoms with Gasteiger partial charge in [0.25, 0.3) is 0 Å². The molecule has 1 aromatic carbocycles. The highest BCUT2D eigenvalue weighted by Gasteiger charge is 2.09. The summed E-state index contributed by atoms with van der Waals surface area (Å²) in [6, 6.07) is 14.2. The molecule has 0 aliphatic rings. The molecule has 1 unspecified atom stereocenters. The Morgan fingerprint density at radius 2 is 2.00 bits per heavy atom. The predicted molar refractivity (Wildman–Crippen MR) is 71.8 cm³/mol. The second kappa shape index (κ2) is 6.87. The van der Waals surface area contributed by atoms with E-state index in [0.717, 1.165) is 24.4 Å². The molecular formula is C15H19NO2. The normalized spacial score (nSPS) is 12.3. The van der Waals surface area contributed by atoms with Gasteiger partial charge in [0.1, 0.15) is 11.5 Å². The van der Waals surface area contributed by atoms with Crippen molar-refractivity contribution >= 4 is 0 Å². The number of nitrogens with one attached hydrogen (secondary N) is 1. The monoisotopic (exact) mass is 245 g/mol. The average molecular weight is 245 g/mol. The smallest absolute Gasteiger partial charge is 0.119 e. The van der Waals surface area contributed by atoms with Crippen molar-refractivity contribution in [2.75, 3.05) is 13.7 Å². The van der Waals surface area contributed by atoms with Gasteiger partial charge in [-0.25, -0.2) is 0 Å². The van der Waals surface area contributed by atoms with Crippen LogP contribution in [0.25, 0.3) is 0 Å². The number of para-hydroxylation sites is 1. The molecule has 0 saturated heterocycles. The van der Waals surface area contributed by atoms with Gasteiger partial charge in [-0.05, 0) is 37.7 Å². The maximum Gasteiger partial charge on any atom is 0.119 e. The molecule has 18 heavy (non-hydrogen) atoms. The quantitative estimate of drug-likeness (QED) is 0.814. The van der Waals surface area contributed by atoms with Crippen LogP contribution >= 0.6 is 0 Å². The molecule has 1 heterocycles. The first kappa shape index (κ1) is 12.7. The van der Waals surface area contributed by atoms with Crippen LogP contribution in [0.5, 0.6) is 5.75 Å². The number of rotatable bonds is 7. The summed E-state index contributed by atoms with van der Waals surface area (Å²) in [4.78, 5) is 0. The molecular weight excluding hydrogens is 226 g/mol. The Hall–Kier alpha value is -1.74. The van der Waals surface area contributed by atoms with Crippen LogP contribution in [0.3, 0.4) is 0 Å². The van der Waals surface area contributed by atoms with Gasteiger partial charge in [0, 0.05) is 12.5 Å². The molecule has 0 amide bonds. The molecule has 1 aromatic heterocycles. The summed E-state index contributed by atoms with van der Waals surface area (Å²) < 4.78 is 11.0. The number of ether oxygens (including phenoxy) is 1. The fraction of sp³-hybridized carbons (Fsp3) is 0.333. The van der Waals surface area contributed by atoms with Gasteiger partial charge in [-0.1, -0.05) is 18.2 Å². The molecule has 0 saturated carbocycles. The molecule has 3 nitrogen and oxygen atoms in total. The minimum Gasteiger partial charge on any atom is -0.494 e.